The van der Waals surface area contributed by atoms with Crippen molar-refractivity contribution in [3.8, 4) is 0 Å². The largest absolute Gasteiger partial charge is 0.313 e. The van der Waals surface area contributed by atoms with Gasteiger partial charge in [0.25, 0.3) is 0 Å². The molecule has 0 aromatic heterocycles. The number of likely N-dealkylation sites (N-methyl/N-ethyl adjacent to an activating group) is 1. The van der Waals surface area contributed by atoms with Gasteiger partial charge in [-0.3, -0.25) is 4.90 Å². The van der Waals surface area contributed by atoms with Crippen molar-refractivity contribution < 1.29 is 0 Å². The third kappa shape index (κ3) is 6.20. The van der Waals surface area contributed by atoms with Crippen molar-refractivity contribution in [2.75, 3.05) is 19.6 Å². The molecule has 0 bridgehead atoms. The molecule has 0 spiro atoms. The van der Waals surface area contributed by atoms with Crippen LogP contribution in [-0.4, -0.2) is 30.6 Å². The van der Waals surface area contributed by atoms with Gasteiger partial charge in [-0.15, -0.1) is 0 Å². The summed E-state index contributed by atoms with van der Waals surface area (Å²) in [4.78, 5) is 2.46. The fraction of sp³-hybridized carbons (Fsp3) is 0.571. The van der Waals surface area contributed by atoms with Crippen molar-refractivity contribution in [2.45, 2.75) is 33.4 Å². The Bertz CT molecular complexity index is 309. The Labute approximate surface area is 114 Å². The van der Waals surface area contributed by atoms with Gasteiger partial charge in [-0.25, -0.2) is 0 Å². The predicted octanol–water partition coefficient (Wildman–Crippen LogP) is 3.27. The molecule has 0 aliphatic heterocycles. The fourth-order valence-electron chi connectivity index (χ4n) is 1.71. The molecule has 2 nitrogen and oxygen atoms in total. The van der Waals surface area contributed by atoms with E-state index in [2.05, 4.69) is 71.2 Å². The van der Waals surface area contributed by atoms with Gasteiger partial charge >= 0.3 is 0 Å². The van der Waals surface area contributed by atoms with Gasteiger partial charge in [-0.2, -0.15) is 0 Å². The quantitative estimate of drug-likeness (QED) is 0.831. The van der Waals surface area contributed by atoms with Crippen LogP contribution in [0, 0.1) is 0 Å². The average Bonchev–Trinajstić information content (AvgIpc) is 2.30. The van der Waals surface area contributed by atoms with E-state index in [1.807, 2.05) is 0 Å². The summed E-state index contributed by atoms with van der Waals surface area (Å²) in [7, 11) is 0. The second kappa shape index (κ2) is 7.85. The van der Waals surface area contributed by atoms with Crippen molar-refractivity contribution >= 4 is 15.9 Å². The summed E-state index contributed by atoms with van der Waals surface area (Å²) in [6.07, 6.45) is 0. The number of hydrogen-bond acceptors (Lipinski definition) is 2. The molecule has 0 radical (unpaired) electrons. The van der Waals surface area contributed by atoms with Gasteiger partial charge in [0, 0.05) is 30.1 Å². The van der Waals surface area contributed by atoms with Crippen LogP contribution in [0.2, 0.25) is 0 Å². The van der Waals surface area contributed by atoms with Gasteiger partial charge in [0.1, 0.15) is 0 Å². The summed E-state index contributed by atoms with van der Waals surface area (Å²) in [5.74, 6) is 0. The first-order valence-corrected chi connectivity index (χ1v) is 7.11. The first-order chi connectivity index (χ1) is 8.11. The van der Waals surface area contributed by atoms with Gasteiger partial charge in [-0.1, -0.05) is 48.8 Å². The number of halogens is 1. The highest BCUT2D eigenvalue weighted by Crippen LogP contribution is 2.11. The van der Waals surface area contributed by atoms with Crippen LogP contribution < -0.4 is 5.32 Å². The Morgan fingerprint density at radius 2 is 1.88 bits per heavy atom. The van der Waals surface area contributed by atoms with Crippen LogP contribution in [0.4, 0.5) is 0 Å². The van der Waals surface area contributed by atoms with Crippen molar-refractivity contribution in [3.63, 3.8) is 0 Å². The van der Waals surface area contributed by atoms with Crippen molar-refractivity contribution in [1.29, 1.82) is 0 Å². The SMILES string of the molecule is CCN(CCNC(C)C)Cc1ccc(Br)cc1. The second-order valence-corrected chi connectivity index (χ2v) is 5.52. The van der Waals surface area contributed by atoms with Gasteiger partial charge in [0.15, 0.2) is 0 Å². The lowest BCUT2D eigenvalue weighted by Gasteiger charge is -2.21. The standard InChI is InChI=1S/C14H23BrN2/c1-4-17(10-9-16-12(2)3)11-13-5-7-14(15)8-6-13/h5-8,12,16H,4,9-11H2,1-3H3. The molecule has 0 aliphatic rings. The normalized spacial score (nSPS) is 11.4. The van der Waals surface area contributed by atoms with E-state index in [1.54, 1.807) is 0 Å². The number of hydrogen-bond donors (Lipinski definition) is 1. The molecule has 17 heavy (non-hydrogen) atoms. The van der Waals surface area contributed by atoms with Crippen molar-refractivity contribution in [1.82, 2.24) is 10.2 Å². The Kier molecular flexibility index (Phi) is 6.78. The van der Waals surface area contributed by atoms with Crippen LogP contribution in [0.5, 0.6) is 0 Å². The molecule has 1 aromatic rings. The molecule has 0 saturated heterocycles. The molecule has 0 atom stereocenters. The summed E-state index contributed by atoms with van der Waals surface area (Å²) in [5.41, 5.74) is 1.37. The minimum Gasteiger partial charge on any atom is -0.313 e. The highest BCUT2D eigenvalue weighted by molar-refractivity contribution is 9.10. The van der Waals surface area contributed by atoms with Crippen LogP contribution in [-0.2, 0) is 6.54 Å². The van der Waals surface area contributed by atoms with Crippen LogP contribution in [0.1, 0.15) is 26.3 Å². The summed E-state index contributed by atoms with van der Waals surface area (Å²) in [6, 6.07) is 9.15. The van der Waals surface area contributed by atoms with Crippen LogP contribution >= 0.6 is 15.9 Å². The van der Waals surface area contributed by atoms with Crippen molar-refractivity contribution in [2.24, 2.45) is 0 Å². The molecule has 0 heterocycles. The first kappa shape index (κ1) is 14.7. The van der Waals surface area contributed by atoms with Crippen LogP contribution in [0.25, 0.3) is 0 Å². The summed E-state index contributed by atoms with van der Waals surface area (Å²) < 4.78 is 1.14. The topological polar surface area (TPSA) is 15.3 Å². The minimum atomic E-state index is 0.571. The van der Waals surface area contributed by atoms with Crippen LogP contribution in [0.15, 0.2) is 28.7 Å². The predicted molar refractivity (Wildman–Crippen MR) is 78.2 cm³/mol. The van der Waals surface area contributed by atoms with E-state index >= 15 is 0 Å². The van der Waals surface area contributed by atoms with E-state index in [0.29, 0.717) is 6.04 Å². The average molecular weight is 299 g/mol. The van der Waals surface area contributed by atoms with E-state index in [9.17, 15) is 0 Å². The first-order valence-electron chi connectivity index (χ1n) is 6.32. The maximum atomic E-state index is 3.46. The number of nitrogens with one attached hydrogen (secondary N) is 1. The molecule has 0 aliphatic carbocycles. The Hall–Kier alpha value is -0.380. The number of nitrogens with zero attached hydrogens (tertiary/aromatic N) is 1. The maximum Gasteiger partial charge on any atom is 0.0234 e. The Morgan fingerprint density at radius 3 is 2.41 bits per heavy atom. The molecule has 1 N–H and O–H groups in total. The molecule has 0 saturated carbocycles. The van der Waals surface area contributed by atoms with E-state index in [-0.39, 0.29) is 0 Å². The lowest BCUT2D eigenvalue weighted by atomic mass is 10.2. The molecule has 96 valence electrons. The van der Waals surface area contributed by atoms with Gasteiger partial charge < -0.3 is 5.32 Å². The number of benzene rings is 1. The maximum absolute atomic E-state index is 3.46. The Morgan fingerprint density at radius 1 is 1.24 bits per heavy atom. The zero-order valence-electron chi connectivity index (χ0n) is 11.0. The lowest BCUT2D eigenvalue weighted by molar-refractivity contribution is 0.276. The highest BCUT2D eigenvalue weighted by atomic mass is 79.9. The van der Waals surface area contributed by atoms with E-state index in [0.717, 1.165) is 30.7 Å². The summed E-state index contributed by atoms with van der Waals surface area (Å²) >= 11 is 3.46. The molecule has 1 rings (SSSR count). The minimum absolute atomic E-state index is 0.571. The second-order valence-electron chi connectivity index (χ2n) is 4.60. The lowest BCUT2D eigenvalue weighted by Crippen LogP contribution is -2.34. The smallest absolute Gasteiger partial charge is 0.0234 e. The Balaban J connectivity index is 2.38. The molecular weight excluding hydrogens is 276 g/mol. The fourth-order valence-corrected chi connectivity index (χ4v) is 1.97. The monoisotopic (exact) mass is 298 g/mol. The molecule has 0 fully saturated rings. The number of rotatable bonds is 7. The van der Waals surface area contributed by atoms with Crippen LogP contribution in [0.3, 0.4) is 0 Å². The van der Waals surface area contributed by atoms with E-state index in [1.165, 1.54) is 5.56 Å². The van der Waals surface area contributed by atoms with E-state index < -0.39 is 0 Å². The zero-order chi connectivity index (χ0) is 12.7. The molecule has 0 unspecified atom stereocenters. The highest BCUT2D eigenvalue weighted by Gasteiger charge is 2.03. The van der Waals surface area contributed by atoms with Gasteiger partial charge in [-0.05, 0) is 24.2 Å². The van der Waals surface area contributed by atoms with Gasteiger partial charge in [0.05, 0.1) is 0 Å². The third-order valence-electron chi connectivity index (χ3n) is 2.75. The summed E-state index contributed by atoms with van der Waals surface area (Å²) in [6.45, 7) is 10.9. The van der Waals surface area contributed by atoms with Crippen molar-refractivity contribution in [3.05, 3.63) is 34.3 Å². The molecular formula is C14H23BrN2. The molecule has 3 heteroatoms. The molecule has 0 amide bonds. The zero-order valence-corrected chi connectivity index (χ0v) is 12.6. The van der Waals surface area contributed by atoms with Gasteiger partial charge in [0.2, 0.25) is 0 Å². The van der Waals surface area contributed by atoms with E-state index in [4.69, 9.17) is 0 Å². The summed E-state index contributed by atoms with van der Waals surface area (Å²) in [5, 5.41) is 3.46. The third-order valence-corrected chi connectivity index (χ3v) is 3.28. The molecule has 1 aromatic carbocycles.